The average Bonchev–Trinajstić information content (AvgIpc) is 3.35. The summed E-state index contributed by atoms with van der Waals surface area (Å²) in [5.74, 6) is -1.55. The number of nitrogens with one attached hydrogen (secondary N) is 1. The number of carbonyl (C=O) groups is 2. The Balaban J connectivity index is 2.07. The van der Waals surface area contributed by atoms with Crippen molar-refractivity contribution in [1.82, 2.24) is 5.32 Å². The molecule has 10 nitrogen and oxygen atoms in total. The van der Waals surface area contributed by atoms with E-state index in [9.17, 15) is 14.2 Å². The van der Waals surface area contributed by atoms with E-state index < -0.39 is 56.3 Å². The fourth-order valence-electron chi connectivity index (χ4n) is 8.60. The van der Waals surface area contributed by atoms with Gasteiger partial charge in [-0.3, -0.25) is 14.2 Å². The topological polar surface area (TPSA) is 119 Å². The molecule has 1 amide bonds. The molecular weight excluding hydrogens is 1030 g/mol. The van der Waals surface area contributed by atoms with E-state index in [4.69, 9.17) is 27.1 Å². The molecule has 77 heavy (non-hydrogen) atoms. The molecule has 0 saturated carbocycles. The molecule has 3 rings (SSSR count). The number of benzene rings is 3. The van der Waals surface area contributed by atoms with Crippen LogP contribution in [0.1, 0.15) is 129 Å². The summed E-state index contributed by atoms with van der Waals surface area (Å²) in [4.78, 5) is 29.3. The van der Waals surface area contributed by atoms with Gasteiger partial charge >= 0.3 is 7.60 Å². The van der Waals surface area contributed by atoms with E-state index in [1.54, 1.807) is 34.6 Å². The molecule has 1 N–H and O–H groups in total. The molecule has 428 valence electrons. The van der Waals surface area contributed by atoms with Crippen LogP contribution < -0.4 is 15.7 Å². The van der Waals surface area contributed by atoms with Crippen LogP contribution in [-0.4, -0.2) is 86.5 Å². The van der Waals surface area contributed by atoms with Gasteiger partial charge in [-0.2, -0.15) is 0 Å². The van der Waals surface area contributed by atoms with Crippen molar-refractivity contribution in [2.75, 3.05) is 19.8 Å². The van der Waals surface area contributed by atoms with Gasteiger partial charge in [0, 0.05) is 12.5 Å². The lowest BCUT2D eigenvalue weighted by atomic mass is 9.93. The van der Waals surface area contributed by atoms with E-state index in [2.05, 4.69) is 161 Å². The first kappa shape index (κ1) is 67.7. The number of hydrogen-bond donors (Lipinski definition) is 1. The van der Waals surface area contributed by atoms with Crippen LogP contribution in [0.4, 0.5) is 0 Å². The SMILES string of the molecule is CCOP(=O)(OCC)C(C)C(=O)[C@@H](C)[C@H](/C=C(C)/C=C/[C@H](C/C=C(C)/C=C/[C@H](CCOCc1ccccc1)O[Si](C)(C)C(C)(C)C)O[Si](C)(C)C(C)(C)C)NC(=O)[C@H](C)O[Si](c1ccccc1)(c1ccccc1)C(C)(C)C. The summed E-state index contributed by atoms with van der Waals surface area (Å²) in [6, 6.07) is 29.8. The summed E-state index contributed by atoms with van der Waals surface area (Å²) in [6.45, 7) is 43.2. The van der Waals surface area contributed by atoms with Crippen LogP contribution in [-0.2, 0) is 47.8 Å². The van der Waals surface area contributed by atoms with Crippen LogP contribution in [0.3, 0.4) is 0 Å². The normalized spacial score (nSPS) is 16.3. The van der Waals surface area contributed by atoms with Crippen molar-refractivity contribution in [2.45, 2.75) is 202 Å². The molecule has 0 bridgehead atoms. The zero-order valence-electron chi connectivity index (χ0n) is 51.0. The molecule has 0 spiro atoms. The summed E-state index contributed by atoms with van der Waals surface area (Å²) in [7, 11) is -11.3. The van der Waals surface area contributed by atoms with E-state index >= 15 is 0 Å². The minimum absolute atomic E-state index is 0.0446. The Kier molecular flexibility index (Phi) is 26.1. The minimum Gasteiger partial charge on any atom is -0.410 e. The third-order valence-electron chi connectivity index (χ3n) is 15.4. The van der Waals surface area contributed by atoms with Gasteiger partial charge in [0.15, 0.2) is 22.4 Å². The van der Waals surface area contributed by atoms with Crippen molar-refractivity contribution in [1.29, 1.82) is 0 Å². The number of amides is 1. The van der Waals surface area contributed by atoms with Crippen molar-refractivity contribution in [3.05, 3.63) is 144 Å². The lowest BCUT2D eigenvalue weighted by molar-refractivity contribution is -0.129. The Morgan fingerprint density at radius 1 is 0.636 bits per heavy atom. The second kappa shape index (κ2) is 29.7. The molecule has 0 heterocycles. The Labute approximate surface area is 470 Å². The van der Waals surface area contributed by atoms with Crippen LogP contribution >= 0.6 is 7.60 Å². The summed E-state index contributed by atoms with van der Waals surface area (Å²) >= 11 is 0. The van der Waals surface area contributed by atoms with Crippen molar-refractivity contribution >= 4 is 54.6 Å². The molecule has 3 aromatic rings. The largest absolute Gasteiger partial charge is 0.410 e. The van der Waals surface area contributed by atoms with Gasteiger partial charge < -0.3 is 32.4 Å². The van der Waals surface area contributed by atoms with Crippen molar-refractivity contribution in [3.8, 4) is 0 Å². The fraction of sp³-hybridized carbons (Fsp3) is 0.556. The number of ketones is 1. The summed E-state index contributed by atoms with van der Waals surface area (Å²) in [6.07, 6.45) is 12.6. The zero-order valence-corrected chi connectivity index (χ0v) is 54.8. The highest BCUT2D eigenvalue weighted by Crippen LogP contribution is 2.54. The number of Topliss-reactive ketones (excluding diaryl/α,β-unsaturated/α-hetero) is 1. The maximum absolute atomic E-state index is 14.8. The van der Waals surface area contributed by atoms with E-state index in [1.807, 2.05) is 73.7 Å². The molecule has 6 atom stereocenters. The predicted octanol–water partition coefficient (Wildman–Crippen LogP) is 15.1. The molecular formula is C63H100NO9PSi3. The highest BCUT2D eigenvalue weighted by Gasteiger charge is 2.52. The highest BCUT2D eigenvalue weighted by atomic mass is 31.2. The van der Waals surface area contributed by atoms with Gasteiger partial charge in [0.1, 0.15) is 11.8 Å². The summed E-state index contributed by atoms with van der Waals surface area (Å²) in [5, 5.41) is 4.95. The smallest absolute Gasteiger partial charge is 0.340 e. The van der Waals surface area contributed by atoms with E-state index in [0.717, 1.165) is 33.5 Å². The fourth-order valence-corrected chi connectivity index (χ4v) is 17.6. The highest BCUT2D eigenvalue weighted by molar-refractivity contribution is 7.55. The summed E-state index contributed by atoms with van der Waals surface area (Å²) in [5.41, 5.74) is 1.97. The van der Waals surface area contributed by atoms with E-state index in [1.165, 1.54) is 0 Å². The summed E-state index contributed by atoms with van der Waals surface area (Å²) < 4.78 is 52.8. The third kappa shape index (κ3) is 19.9. The Hall–Kier alpha value is -3.60. The number of ether oxygens (including phenoxy) is 1. The maximum Gasteiger partial charge on any atom is 0.340 e. The molecule has 0 aromatic heterocycles. The second-order valence-corrected chi connectivity index (χ2v) is 40.8. The Morgan fingerprint density at radius 2 is 1.09 bits per heavy atom. The quantitative estimate of drug-likeness (QED) is 0.0301. The van der Waals surface area contributed by atoms with Crippen LogP contribution in [0.15, 0.2) is 139 Å². The molecule has 0 aliphatic rings. The molecule has 0 radical (unpaired) electrons. The Bertz CT molecular complexity index is 2410. The molecule has 1 unspecified atom stereocenters. The first-order valence-corrected chi connectivity index (χ1v) is 37.3. The van der Waals surface area contributed by atoms with Gasteiger partial charge in [-0.1, -0.05) is 208 Å². The molecule has 0 aliphatic heterocycles. The predicted molar refractivity (Wildman–Crippen MR) is 330 cm³/mol. The number of rotatable bonds is 30. The minimum atomic E-state index is -3.83. The van der Waals surface area contributed by atoms with Gasteiger partial charge in [0.25, 0.3) is 8.32 Å². The number of allylic oxidation sites excluding steroid dienone is 4. The van der Waals surface area contributed by atoms with Gasteiger partial charge in [-0.15, -0.1) is 0 Å². The van der Waals surface area contributed by atoms with Gasteiger partial charge in [0.05, 0.1) is 38.1 Å². The standard InChI is InChI=1S/C63H100NO9PSi3/c1-21-69-74(67,70-22-2)52(7)59(65)50(5)58(64-60(66)51(6)71-77(63(14,15)16,56-34-28-24-29-35-56)57-36-30-25-31-37-57)46-49(4)40-43-54(72-75(17,18)61(8,9)10)41-38-48(3)39-42-55(73-76(19,20)62(11,12)13)44-45-68-47-53-32-26-23-27-33-53/h23-40,42-43,46,50-52,54-55,58H,21-22,41,44-45,47H2,1-20H3,(H,64,66)/b42-39+,43-40+,48-38+,49-46+/t50-,51-,52?,54-,55+,58-/m0/s1. The maximum atomic E-state index is 14.8. The van der Waals surface area contributed by atoms with E-state index in [0.29, 0.717) is 19.6 Å². The van der Waals surface area contributed by atoms with E-state index in [-0.39, 0.29) is 52.2 Å². The second-order valence-electron chi connectivity index (χ2n) is 24.7. The number of carbonyl (C=O) groups excluding carboxylic acids is 2. The van der Waals surface area contributed by atoms with Gasteiger partial charge in [-0.25, -0.2) is 0 Å². The molecule has 0 aliphatic carbocycles. The van der Waals surface area contributed by atoms with Crippen molar-refractivity contribution in [3.63, 3.8) is 0 Å². The van der Waals surface area contributed by atoms with Crippen LogP contribution in [0.2, 0.25) is 41.3 Å². The number of hydrogen-bond acceptors (Lipinski definition) is 9. The van der Waals surface area contributed by atoms with Gasteiger partial charge in [0.2, 0.25) is 5.91 Å². The van der Waals surface area contributed by atoms with Crippen LogP contribution in [0.5, 0.6) is 0 Å². The van der Waals surface area contributed by atoms with Crippen LogP contribution in [0.25, 0.3) is 0 Å². The molecule has 0 saturated heterocycles. The Morgan fingerprint density at radius 3 is 1.56 bits per heavy atom. The van der Waals surface area contributed by atoms with Crippen molar-refractivity contribution in [2.24, 2.45) is 5.92 Å². The monoisotopic (exact) mass is 1130 g/mol. The van der Waals surface area contributed by atoms with Gasteiger partial charge in [-0.05, 0) is 112 Å². The van der Waals surface area contributed by atoms with Crippen LogP contribution in [0, 0.1) is 5.92 Å². The zero-order chi connectivity index (χ0) is 58.0. The molecule has 0 fully saturated rings. The van der Waals surface area contributed by atoms with Crippen molar-refractivity contribution < 1.29 is 41.2 Å². The molecule has 14 heteroatoms. The third-order valence-corrected chi connectivity index (χ3v) is 31.9. The first-order valence-electron chi connectivity index (χ1n) is 28.0. The lowest BCUT2D eigenvalue weighted by Gasteiger charge is -2.44. The lowest BCUT2D eigenvalue weighted by Crippen LogP contribution is -2.68. The first-order chi connectivity index (χ1) is 35.7. The average molecular weight is 1130 g/mol. The molecule has 3 aromatic carbocycles.